The van der Waals surface area contributed by atoms with E-state index in [4.69, 9.17) is 19.9 Å². The molecule has 1 aliphatic heterocycles. The lowest BCUT2D eigenvalue weighted by Gasteiger charge is -2.30. The molecule has 1 atom stereocenters. The first kappa shape index (κ1) is 18.5. The highest BCUT2D eigenvalue weighted by atomic mass is 16.5. The molecule has 3 rings (SSSR count). The van der Waals surface area contributed by atoms with Gasteiger partial charge in [0, 0.05) is 17.7 Å². The topological polar surface area (TPSA) is 65.7 Å². The summed E-state index contributed by atoms with van der Waals surface area (Å²) in [7, 11) is 3.27. The number of nitrogens with one attached hydrogen (secondary N) is 1. The van der Waals surface area contributed by atoms with Crippen molar-refractivity contribution in [2.45, 2.75) is 25.5 Å². The van der Waals surface area contributed by atoms with Gasteiger partial charge in [-0.15, -0.1) is 0 Å². The maximum Gasteiger partial charge on any atom is 0.164 e. The summed E-state index contributed by atoms with van der Waals surface area (Å²) in [5, 5.41) is 3.39. The van der Waals surface area contributed by atoms with E-state index in [9.17, 15) is 0 Å². The molecule has 0 saturated carbocycles. The number of benzene rings is 2. The molecule has 0 radical (unpaired) electrons. The first-order chi connectivity index (χ1) is 12.7. The fourth-order valence-electron chi connectivity index (χ4n) is 3.45. The van der Waals surface area contributed by atoms with Gasteiger partial charge in [-0.05, 0) is 43.5 Å². The minimum Gasteiger partial charge on any atom is -0.493 e. The number of piperidine rings is 1. The minimum atomic E-state index is -0.0947. The van der Waals surface area contributed by atoms with E-state index in [1.807, 2.05) is 42.5 Å². The zero-order valence-electron chi connectivity index (χ0n) is 15.5. The predicted octanol–water partition coefficient (Wildman–Crippen LogP) is 3.28. The van der Waals surface area contributed by atoms with Crippen molar-refractivity contribution in [3.63, 3.8) is 0 Å². The standard InChI is InChI=1S/C21H28N2O3/c1-24-19-12-17(21(22)16-8-10-23-11-9-16)18(13-20(19)25-2)26-14-15-6-4-3-5-7-15/h3-7,12-13,16,21,23H,8-11,14,22H2,1-2H3/t21-/m1/s1. The van der Waals surface area contributed by atoms with E-state index in [-0.39, 0.29) is 6.04 Å². The van der Waals surface area contributed by atoms with Crippen molar-refractivity contribution in [3.8, 4) is 17.2 Å². The summed E-state index contributed by atoms with van der Waals surface area (Å²) in [6, 6.07) is 13.9. The van der Waals surface area contributed by atoms with E-state index < -0.39 is 0 Å². The lowest BCUT2D eigenvalue weighted by molar-refractivity contribution is 0.279. The van der Waals surface area contributed by atoms with E-state index in [2.05, 4.69) is 5.32 Å². The summed E-state index contributed by atoms with van der Waals surface area (Å²) >= 11 is 0. The van der Waals surface area contributed by atoms with Crippen LogP contribution in [0, 0.1) is 5.92 Å². The fourth-order valence-corrected chi connectivity index (χ4v) is 3.45. The smallest absolute Gasteiger partial charge is 0.164 e. The Morgan fingerprint density at radius 2 is 1.65 bits per heavy atom. The molecule has 1 heterocycles. The van der Waals surface area contributed by atoms with Crippen LogP contribution >= 0.6 is 0 Å². The molecule has 3 N–H and O–H groups in total. The summed E-state index contributed by atoms with van der Waals surface area (Å²) in [6.45, 7) is 2.50. The fraction of sp³-hybridized carbons (Fsp3) is 0.429. The van der Waals surface area contributed by atoms with Gasteiger partial charge in [0.15, 0.2) is 11.5 Å². The molecule has 1 saturated heterocycles. The highest BCUT2D eigenvalue weighted by Gasteiger charge is 2.26. The van der Waals surface area contributed by atoms with Crippen molar-refractivity contribution in [2.24, 2.45) is 11.7 Å². The molecule has 2 aromatic carbocycles. The van der Waals surface area contributed by atoms with Gasteiger partial charge in [0.2, 0.25) is 0 Å². The Hall–Kier alpha value is -2.24. The van der Waals surface area contributed by atoms with Gasteiger partial charge in [0.05, 0.1) is 14.2 Å². The van der Waals surface area contributed by atoms with Crippen LogP contribution in [0.25, 0.3) is 0 Å². The number of methoxy groups -OCH3 is 2. The highest BCUT2D eigenvalue weighted by molar-refractivity contribution is 5.52. The number of hydrogen-bond acceptors (Lipinski definition) is 5. The molecule has 0 unspecified atom stereocenters. The summed E-state index contributed by atoms with van der Waals surface area (Å²) < 4.78 is 17.1. The van der Waals surface area contributed by atoms with Gasteiger partial charge in [0.1, 0.15) is 12.4 Å². The first-order valence-corrected chi connectivity index (χ1v) is 9.12. The second-order valence-electron chi connectivity index (χ2n) is 6.63. The molecule has 2 aromatic rings. The molecule has 0 aliphatic carbocycles. The summed E-state index contributed by atoms with van der Waals surface area (Å²) in [6.07, 6.45) is 2.13. The van der Waals surface area contributed by atoms with E-state index in [0.29, 0.717) is 24.0 Å². The molecule has 140 valence electrons. The monoisotopic (exact) mass is 356 g/mol. The Morgan fingerprint density at radius 1 is 1.00 bits per heavy atom. The third-order valence-electron chi connectivity index (χ3n) is 5.00. The summed E-state index contributed by atoms with van der Waals surface area (Å²) in [5.41, 5.74) is 8.74. The van der Waals surface area contributed by atoms with E-state index in [0.717, 1.165) is 42.8 Å². The van der Waals surface area contributed by atoms with E-state index >= 15 is 0 Å². The molecule has 1 fully saturated rings. The SMILES string of the molecule is COc1cc(OCc2ccccc2)c([C@H](N)C2CCNCC2)cc1OC. The van der Waals surface area contributed by atoms with Crippen LogP contribution in [0.4, 0.5) is 0 Å². The number of nitrogens with two attached hydrogens (primary N) is 1. The van der Waals surface area contributed by atoms with Crippen molar-refractivity contribution in [3.05, 3.63) is 53.6 Å². The van der Waals surface area contributed by atoms with Gasteiger partial charge < -0.3 is 25.3 Å². The van der Waals surface area contributed by atoms with E-state index in [1.54, 1.807) is 14.2 Å². The van der Waals surface area contributed by atoms with Gasteiger partial charge in [-0.3, -0.25) is 0 Å². The van der Waals surface area contributed by atoms with E-state index in [1.165, 1.54) is 0 Å². The number of hydrogen-bond donors (Lipinski definition) is 2. The maximum absolute atomic E-state index is 6.65. The van der Waals surface area contributed by atoms with Crippen LogP contribution in [0.15, 0.2) is 42.5 Å². The quantitative estimate of drug-likeness (QED) is 0.797. The summed E-state index contributed by atoms with van der Waals surface area (Å²) in [5.74, 6) is 2.52. The first-order valence-electron chi connectivity index (χ1n) is 9.12. The molecule has 0 spiro atoms. The molecular formula is C21H28N2O3. The Kier molecular flexibility index (Phi) is 6.36. The van der Waals surface area contributed by atoms with Gasteiger partial charge >= 0.3 is 0 Å². The second-order valence-corrected chi connectivity index (χ2v) is 6.63. The van der Waals surface area contributed by atoms with Gasteiger partial charge in [0.25, 0.3) is 0 Å². The second kappa shape index (κ2) is 8.92. The zero-order valence-corrected chi connectivity index (χ0v) is 15.5. The molecule has 5 heteroatoms. The number of ether oxygens (including phenoxy) is 3. The van der Waals surface area contributed by atoms with Crippen LogP contribution in [0.1, 0.15) is 30.0 Å². The molecule has 5 nitrogen and oxygen atoms in total. The van der Waals surface area contributed by atoms with Crippen molar-refractivity contribution in [1.29, 1.82) is 0 Å². The Bertz CT molecular complexity index is 700. The molecule has 1 aliphatic rings. The molecule has 0 aromatic heterocycles. The molecular weight excluding hydrogens is 328 g/mol. The van der Waals surface area contributed by atoms with Crippen LogP contribution < -0.4 is 25.3 Å². The van der Waals surface area contributed by atoms with Gasteiger partial charge in [-0.2, -0.15) is 0 Å². The maximum atomic E-state index is 6.65. The van der Waals surface area contributed by atoms with Crippen molar-refractivity contribution >= 4 is 0 Å². The Morgan fingerprint density at radius 3 is 2.31 bits per heavy atom. The predicted molar refractivity (Wildman–Crippen MR) is 103 cm³/mol. The molecule has 26 heavy (non-hydrogen) atoms. The normalized spacial score (nSPS) is 16.1. The van der Waals surface area contributed by atoms with Gasteiger partial charge in [-0.1, -0.05) is 30.3 Å². The average Bonchev–Trinajstić information content (AvgIpc) is 2.72. The van der Waals surface area contributed by atoms with Crippen LogP contribution in [0.3, 0.4) is 0 Å². The van der Waals surface area contributed by atoms with Crippen molar-refractivity contribution in [2.75, 3.05) is 27.3 Å². The highest BCUT2D eigenvalue weighted by Crippen LogP contribution is 2.40. The lowest BCUT2D eigenvalue weighted by atomic mass is 9.86. The Balaban J connectivity index is 1.88. The largest absolute Gasteiger partial charge is 0.493 e. The molecule has 0 amide bonds. The average molecular weight is 356 g/mol. The zero-order chi connectivity index (χ0) is 18.4. The van der Waals surface area contributed by atoms with Crippen molar-refractivity contribution < 1.29 is 14.2 Å². The van der Waals surface area contributed by atoms with Crippen LogP contribution in [-0.2, 0) is 6.61 Å². The van der Waals surface area contributed by atoms with Crippen LogP contribution in [0.5, 0.6) is 17.2 Å². The molecule has 0 bridgehead atoms. The third-order valence-corrected chi connectivity index (χ3v) is 5.00. The van der Waals surface area contributed by atoms with Crippen LogP contribution in [-0.4, -0.2) is 27.3 Å². The summed E-state index contributed by atoms with van der Waals surface area (Å²) in [4.78, 5) is 0. The lowest BCUT2D eigenvalue weighted by Crippen LogP contribution is -2.34. The third kappa shape index (κ3) is 4.29. The Labute approximate surface area is 155 Å². The van der Waals surface area contributed by atoms with Gasteiger partial charge in [-0.25, -0.2) is 0 Å². The van der Waals surface area contributed by atoms with Crippen LogP contribution in [0.2, 0.25) is 0 Å². The van der Waals surface area contributed by atoms with Crippen molar-refractivity contribution in [1.82, 2.24) is 5.32 Å². The number of rotatable bonds is 7. The minimum absolute atomic E-state index is 0.0947.